The van der Waals surface area contributed by atoms with Gasteiger partial charge in [-0.15, -0.1) is 0 Å². The van der Waals surface area contributed by atoms with Gasteiger partial charge in [-0.05, 0) is 74.3 Å². The maximum atomic E-state index is 5.79. The van der Waals surface area contributed by atoms with E-state index in [1.165, 1.54) is 0 Å². The minimum atomic E-state index is 0.107. The standard InChI is InChI=1S/C17H28BrNO3/c1-12(2)21-8-6-7-19-11-14-9-15(18)17(22-13(3)4)16(10-14)20-5/h9-10,12-13,19H,6-8,11H2,1-5H3. The van der Waals surface area contributed by atoms with Crippen LogP contribution in [-0.2, 0) is 11.3 Å². The molecule has 0 saturated carbocycles. The first-order valence-electron chi connectivity index (χ1n) is 7.79. The van der Waals surface area contributed by atoms with Crippen molar-refractivity contribution >= 4 is 15.9 Å². The molecular weight excluding hydrogens is 346 g/mol. The number of benzene rings is 1. The minimum absolute atomic E-state index is 0.107. The summed E-state index contributed by atoms with van der Waals surface area (Å²) >= 11 is 3.56. The van der Waals surface area contributed by atoms with E-state index in [4.69, 9.17) is 14.2 Å². The number of halogens is 1. The Morgan fingerprint density at radius 2 is 1.86 bits per heavy atom. The Kier molecular flexibility index (Phi) is 8.83. The van der Waals surface area contributed by atoms with E-state index < -0.39 is 0 Å². The molecule has 1 aromatic rings. The second-order valence-electron chi connectivity index (χ2n) is 5.73. The molecule has 0 aliphatic rings. The maximum absolute atomic E-state index is 5.79. The predicted molar refractivity (Wildman–Crippen MR) is 93.9 cm³/mol. The van der Waals surface area contributed by atoms with E-state index in [0.29, 0.717) is 6.10 Å². The summed E-state index contributed by atoms with van der Waals surface area (Å²) in [6.07, 6.45) is 1.41. The lowest BCUT2D eigenvalue weighted by Crippen LogP contribution is -2.17. The molecule has 0 aliphatic heterocycles. The maximum Gasteiger partial charge on any atom is 0.175 e. The van der Waals surface area contributed by atoms with Gasteiger partial charge in [-0.25, -0.2) is 0 Å². The molecule has 1 aromatic carbocycles. The molecule has 0 aromatic heterocycles. The summed E-state index contributed by atoms with van der Waals surface area (Å²) in [5, 5.41) is 3.42. The van der Waals surface area contributed by atoms with Crippen LogP contribution in [0.4, 0.5) is 0 Å². The lowest BCUT2D eigenvalue weighted by Gasteiger charge is -2.17. The second kappa shape index (κ2) is 10.1. The van der Waals surface area contributed by atoms with Crippen molar-refractivity contribution in [2.45, 2.75) is 52.9 Å². The number of ether oxygens (including phenoxy) is 3. The zero-order valence-electron chi connectivity index (χ0n) is 14.2. The average Bonchev–Trinajstić information content (AvgIpc) is 2.44. The molecule has 0 fully saturated rings. The summed E-state index contributed by atoms with van der Waals surface area (Å²) in [5.41, 5.74) is 1.16. The van der Waals surface area contributed by atoms with Crippen LogP contribution in [0.5, 0.6) is 11.5 Å². The zero-order valence-corrected chi connectivity index (χ0v) is 15.8. The van der Waals surface area contributed by atoms with Crippen LogP contribution in [0.15, 0.2) is 16.6 Å². The lowest BCUT2D eigenvalue weighted by molar-refractivity contribution is 0.0770. The number of hydrogen-bond acceptors (Lipinski definition) is 4. The van der Waals surface area contributed by atoms with E-state index >= 15 is 0 Å². The first kappa shape index (κ1) is 19.3. The molecule has 0 heterocycles. The molecule has 0 unspecified atom stereocenters. The smallest absolute Gasteiger partial charge is 0.175 e. The van der Waals surface area contributed by atoms with Crippen molar-refractivity contribution in [2.75, 3.05) is 20.3 Å². The third kappa shape index (κ3) is 6.99. The lowest BCUT2D eigenvalue weighted by atomic mass is 10.2. The number of hydrogen-bond donors (Lipinski definition) is 1. The van der Waals surface area contributed by atoms with E-state index in [9.17, 15) is 0 Å². The highest BCUT2D eigenvalue weighted by Gasteiger charge is 2.12. The fourth-order valence-electron chi connectivity index (χ4n) is 1.97. The van der Waals surface area contributed by atoms with Gasteiger partial charge in [0.1, 0.15) is 0 Å². The number of nitrogens with one attached hydrogen (secondary N) is 1. The Hall–Kier alpha value is -0.780. The molecule has 1 N–H and O–H groups in total. The van der Waals surface area contributed by atoms with Gasteiger partial charge in [0.05, 0.1) is 23.8 Å². The third-order valence-electron chi connectivity index (χ3n) is 2.92. The van der Waals surface area contributed by atoms with Crippen LogP contribution in [-0.4, -0.2) is 32.5 Å². The Balaban J connectivity index is 2.52. The molecule has 4 nitrogen and oxygen atoms in total. The number of methoxy groups -OCH3 is 1. The highest BCUT2D eigenvalue weighted by atomic mass is 79.9. The Morgan fingerprint density at radius 1 is 1.14 bits per heavy atom. The Bertz CT molecular complexity index is 450. The van der Waals surface area contributed by atoms with Crippen molar-refractivity contribution in [2.24, 2.45) is 0 Å². The van der Waals surface area contributed by atoms with E-state index in [1.807, 2.05) is 19.9 Å². The second-order valence-corrected chi connectivity index (χ2v) is 6.58. The molecule has 0 bridgehead atoms. The summed E-state index contributed by atoms with van der Waals surface area (Å²) in [6, 6.07) is 4.08. The Morgan fingerprint density at radius 3 is 2.45 bits per heavy atom. The highest BCUT2D eigenvalue weighted by molar-refractivity contribution is 9.10. The summed E-state index contributed by atoms with van der Waals surface area (Å²) in [7, 11) is 1.66. The van der Waals surface area contributed by atoms with Crippen molar-refractivity contribution in [3.63, 3.8) is 0 Å². The molecule has 126 valence electrons. The summed E-state index contributed by atoms with van der Waals surface area (Å²) in [4.78, 5) is 0. The van der Waals surface area contributed by atoms with E-state index in [2.05, 4.69) is 41.2 Å². The molecule has 0 aliphatic carbocycles. The summed E-state index contributed by atoms with van der Waals surface area (Å²) in [5.74, 6) is 1.51. The molecule has 5 heteroatoms. The molecule has 0 amide bonds. The molecule has 0 atom stereocenters. The normalized spacial score (nSPS) is 11.3. The topological polar surface area (TPSA) is 39.7 Å². The van der Waals surface area contributed by atoms with Crippen molar-refractivity contribution in [1.29, 1.82) is 0 Å². The highest BCUT2D eigenvalue weighted by Crippen LogP contribution is 2.37. The van der Waals surface area contributed by atoms with Gasteiger partial charge in [-0.1, -0.05) is 0 Å². The van der Waals surface area contributed by atoms with E-state index in [0.717, 1.165) is 47.7 Å². The van der Waals surface area contributed by atoms with Crippen LogP contribution in [0.3, 0.4) is 0 Å². The van der Waals surface area contributed by atoms with Gasteiger partial charge in [0, 0.05) is 13.2 Å². The van der Waals surface area contributed by atoms with Gasteiger partial charge in [0.15, 0.2) is 11.5 Å². The molecule has 0 spiro atoms. The van der Waals surface area contributed by atoms with E-state index in [1.54, 1.807) is 7.11 Å². The first-order valence-corrected chi connectivity index (χ1v) is 8.58. The van der Waals surface area contributed by atoms with Gasteiger partial charge in [0.25, 0.3) is 0 Å². The first-order chi connectivity index (χ1) is 10.4. The van der Waals surface area contributed by atoms with Gasteiger partial charge in [-0.2, -0.15) is 0 Å². The van der Waals surface area contributed by atoms with Gasteiger partial charge >= 0.3 is 0 Å². The monoisotopic (exact) mass is 373 g/mol. The van der Waals surface area contributed by atoms with Gasteiger partial charge in [-0.3, -0.25) is 0 Å². The minimum Gasteiger partial charge on any atom is -0.493 e. The average molecular weight is 374 g/mol. The number of rotatable bonds is 10. The quantitative estimate of drug-likeness (QED) is 0.625. The predicted octanol–water partition coefficient (Wildman–Crippen LogP) is 4.15. The van der Waals surface area contributed by atoms with Crippen LogP contribution in [0.25, 0.3) is 0 Å². The van der Waals surface area contributed by atoms with Crippen LogP contribution in [0, 0.1) is 0 Å². The molecule has 0 saturated heterocycles. The molecule has 0 radical (unpaired) electrons. The van der Waals surface area contributed by atoms with Crippen molar-refractivity contribution in [3.05, 3.63) is 22.2 Å². The van der Waals surface area contributed by atoms with Crippen LogP contribution < -0.4 is 14.8 Å². The van der Waals surface area contributed by atoms with Crippen molar-refractivity contribution in [3.8, 4) is 11.5 Å². The SMILES string of the molecule is COc1cc(CNCCCOC(C)C)cc(Br)c1OC(C)C. The van der Waals surface area contributed by atoms with Crippen LogP contribution in [0.2, 0.25) is 0 Å². The zero-order chi connectivity index (χ0) is 16.5. The summed E-state index contributed by atoms with van der Waals surface area (Å²) < 4.78 is 17.7. The summed E-state index contributed by atoms with van der Waals surface area (Å²) in [6.45, 7) is 10.6. The third-order valence-corrected chi connectivity index (χ3v) is 3.51. The largest absolute Gasteiger partial charge is 0.493 e. The van der Waals surface area contributed by atoms with E-state index in [-0.39, 0.29) is 6.10 Å². The Labute approximate surface area is 142 Å². The van der Waals surface area contributed by atoms with Gasteiger partial charge < -0.3 is 19.5 Å². The van der Waals surface area contributed by atoms with Gasteiger partial charge in [0.2, 0.25) is 0 Å². The molecular formula is C17H28BrNO3. The fraction of sp³-hybridized carbons (Fsp3) is 0.647. The van der Waals surface area contributed by atoms with Crippen LogP contribution >= 0.6 is 15.9 Å². The fourth-order valence-corrected chi connectivity index (χ4v) is 2.56. The van der Waals surface area contributed by atoms with Crippen molar-refractivity contribution in [1.82, 2.24) is 5.32 Å². The van der Waals surface area contributed by atoms with Crippen molar-refractivity contribution < 1.29 is 14.2 Å². The molecule has 1 rings (SSSR count). The molecule has 22 heavy (non-hydrogen) atoms. The van der Waals surface area contributed by atoms with Crippen LogP contribution in [0.1, 0.15) is 39.7 Å².